The molecule has 6 nitrogen and oxygen atoms in total. The van der Waals surface area contributed by atoms with Crippen molar-refractivity contribution >= 4 is 6.08 Å². The van der Waals surface area contributed by atoms with Crippen LogP contribution in [-0.2, 0) is 0 Å². The molecule has 21 heavy (non-hydrogen) atoms. The maximum Gasteiger partial charge on any atom is 0.305 e. The van der Waals surface area contributed by atoms with Crippen LogP contribution in [0, 0.1) is 10.1 Å². The Morgan fingerprint density at radius 2 is 1.86 bits per heavy atom. The lowest BCUT2D eigenvalue weighted by Gasteiger charge is -2.12. The molecule has 8 heteroatoms. The van der Waals surface area contributed by atoms with Gasteiger partial charge in [-0.2, -0.15) is 8.78 Å². The quantitative estimate of drug-likeness (QED) is 0.457. The van der Waals surface area contributed by atoms with Crippen LogP contribution in [0.25, 0.3) is 6.08 Å². The van der Waals surface area contributed by atoms with Gasteiger partial charge >= 0.3 is 6.08 Å². The summed E-state index contributed by atoms with van der Waals surface area (Å²) in [7, 11) is 2.52. The summed E-state index contributed by atoms with van der Waals surface area (Å²) in [6.07, 6.45) is -2.40. The molecule has 1 aromatic rings. The fraction of sp³-hybridized carbons (Fsp3) is 0.231. The number of nitro groups is 1. The summed E-state index contributed by atoms with van der Waals surface area (Å²) in [4.78, 5) is 10.1. The molecule has 0 aliphatic rings. The van der Waals surface area contributed by atoms with Gasteiger partial charge < -0.3 is 14.2 Å². The lowest BCUT2D eigenvalue weighted by molar-refractivity contribution is -0.422. The summed E-state index contributed by atoms with van der Waals surface area (Å²) in [5, 5.41) is 10.6. The van der Waals surface area contributed by atoms with Crippen molar-refractivity contribution in [1.82, 2.24) is 0 Å². The summed E-state index contributed by atoms with van der Waals surface area (Å²) in [6, 6.07) is 2.68. The molecular formula is C13H13F2NO5. The third-order valence-corrected chi connectivity index (χ3v) is 2.38. The fourth-order valence-corrected chi connectivity index (χ4v) is 1.47. The Morgan fingerprint density at radius 3 is 2.24 bits per heavy atom. The first kappa shape index (κ1) is 14.8. The van der Waals surface area contributed by atoms with Crippen molar-refractivity contribution in [3.05, 3.63) is 45.8 Å². The van der Waals surface area contributed by atoms with Crippen LogP contribution in [0.2, 0.25) is 0 Å². The third kappa shape index (κ3) is 4.44. The van der Waals surface area contributed by atoms with Crippen LogP contribution in [0.4, 0.5) is 8.78 Å². The van der Waals surface area contributed by atoms with Crippen LogP contribution >= 0.6 is 0 Å². The Morgan fingerprint density at radius 1 is 1.33 bits per heavy atom. The van der Waals surface area contributed by atoms with E-state index in [2.05, 4.69) is 0 Å². The Bertz CT molecular complexity index is 616. The second kappa shape index (κ2) is 7.22. The number of ether oxygens (including phenoxy) is 3. The van der Waals surface area contributed by atoms with Gasteiger partial charge in [0, 0.05) is 13.0 Å². The van der Waals surface area contributed by atoms with Gasteiger partial charge in [0.2, 0.25) is 11.4 Å². The number of benzene rings is 1. The fourth-order valence-electron chi connectivity index (χ4n) is 1.47. The van der Waals surface area contributed by atoms with E-state index in [0.29, 0.717) is 5.56 Å². The molecule has 1 aromatic carbocycles. The molecule has 0 saturated carbocycles. The summed E-state index contributed by atoms with van der Waals surface area (Å²) in [6.45, 7) is 1.30. The lowest BCUT2D eigenvalue weighted by Crippen LogP contribution is -1.97. The molecule has 1 rings (SSSR count). The van der Waals surface area contributed by atoms with E-state index >= 15 is 0 Å². The molecule has 0 fully saturated rings. The zero-order valence-corrected chi connectivity index (χ0v) is 11.5. The second-order valence-corrected chi connectivity index (χ2v) is 3.76. The summed E-state index contributed by atoms with van der Waals surface area (Å²) >= 11 is 0. The van der Waals surface area contributed by atoms with Gasteiger partial charge in [0.1, 0.15) is 1.37 Å². The van der Waals surface area contributed by atoms with Gasteiger partial charge in [-0.15, -0.1) is 0 Å². The normalized spacial score (nSPS) is 11.5. The molecule has 0 amide bonds. The van der Waals surface area contributed by atoms with Crippen molar-refractivity contribution in [3.8, 4) is 17.2 Å². The van der Waals surface area contributed by atoms with Gasteiger partial charge in [0.25, 0.3) is 0 Å². The van der Waals surface area contributed by atoms with E-state index in [1.807, 2.05) is 0 Å². The highest BCUT2D eigenvalue weighted by atomic mass is 19.3. The molecule has 0 bridgehead atoms. The minimum atomic E-state index is -2.31. The number of rotatable bonds is 6. The first-order valence-electron chi connectivity index (χ1n) is 6.08. The molecule has 0 radical (unpaired) electrons. The van der Waals surface area contributed by atoms with Gasteiger partial charge in [0.05, 0.1) is 19.1 Å². The van der Waals surface area contributed by atoms with Crippen LogP contribution in [-0.4, -0.2) is 19.1 Å². The van der Waals surface area contributed by atoms with E-state index in [9.17, 15) is 18.9 Å². The molecule has 0 spiro atoms. The number of hydrogen-bond donors (Lipinski definition) is 0. The van der Waals surface area contributed by atoms with Gasteiger partial charge in [-0.1, -0.05) is 0 Å². The van der Waals surface area contributed by atoms with Gasteiger partial charge in [-0.3, -0.25) is 10.1 Å². The average molecular weight is 302 g/mol. The van der Waals surface area contributed by atoms with E-state index in [1.54, 1.807) is 0 Å². The van der Waals surface area contributed by atoms with Gasteiger partial charge in [-0.05, 0) is 17.7 Å². The van der Waals surface area contributed by atoms with Crippen LogP contribution in [0.15, 0.2) is 30.1 Å². The van der Waals surface area contributed by atoms with Crippen molar-refractivity contribution in [1.29, 1.82) is 0 Å². The Balaban J connectivity index is 3.39. The number of nitrogens with zero attached hydrogens (tertiary/aromatic N) is 1. The van der Waals surface area contributed by atoms with Gasteiger partial charge in [-0.25, -0.2) is 0 Å². The van der Waals surface area contributed by atoms with Crippen LogP contribution in [0.5, 0.6) is 17.2 Å². The molecule has 0 aliphatic carbocycles. The van der Waals surface area contributed by atoms with Crippen LogP contribution in [0.1, 0.15) is 13.9 Å². The highest BCUT2D eigenvalue weighted by molar-refractivity contribution is 5.62. The van der Waals surface area contributed by atoms with Crippen LogP contribution in [0.3, 0.4) is 0 Å². The van der Waals surface area contributed by atoms with E-state index in [4.69, 9.17) is 15.6 Å². The van der Waals surface area contributed by atoms with Crippen molar-refractivity contribution in [3.63, 3.8) is 0 Å². The molecule has 0 aliphatic heterocycles. The SMILES string of the molecule is [2H]C(Oc1c(OC)cc(C=C(C)[N+](=O)[O-])cc1OC)=C(F)F. The molecule has 0 unspecified atom stereocenters. The Hall–Kier alpha value is -2.64. The Kier molecular flexibility index (Phi) is 5.08. The number of hydrogen-bond acceptors (Lipinski definition) is 5. The molecular weight excluding hydrogens is 288 g/mol. The minimum Gasteiger partial charge on any atom is -0.493 e. The predicted octanol–water partition coefficient (Wildman–Crippen LogP) is 3.46. The second-order valence-electron chi connectivity index (χ2n) is 3.76. The molecule has 114 valence electrons. The topological polar surface area (TPSA) is 70.8 Å². The Labute approximate surface area is 120 Å². The smallest absolute Gasteiger partial charge is 0.305 e. The standard InChI is InChI=1S/C13H13F2NO5/c1-8(16(17)18)4-9-5-10(19-2)13(11(6-9)20-3)21-7-12(14)15/h4-7H,1-3H3/i7D. The largest absolute Gasteiger partial charge is 0.493 e. The number of methoxy groups -OCH3 is 2. The molecule has 0 atom stereocenters. The summed E-state index contributed by atoms with van der Waals surface area (Å²) in [5.41, 5.74) is 0.222. The van der Waals surface area contributed by atoms with E-state index < -0.39 is 17.2 Å². The summed E-state index contributed by atoms with van der Waals surface area (Å²) in [5.74, 6) is -0.237. The average Bonchev–Trinajstić information content (AvgIpc) is 2.47. The van der Waals surface area contributed by atoms with Crippen molar-refractivity contribution < 1.29 is 29.3 Å². The molecule has 0 heterocycles. The van der Waals surface area contributed by atoms with E-state index in [0.717, 1.165) is 0 Å². The number of halogens is 2. The molecule has 0 N–H and O–H groups in total. The molecule has 0 aromatic heterocycles. The van der Waals surface area contributed by atoms with E-state index in [-0.39, 0.29) is 22.9 Å². The van der Waals surface area contributed by atoms with Crippen molar-refractivity contribution in [2.24, 2.45) is 0 Å². The van der Waals surface area contributed by atoms with Crippen LogP contribution < -0.4 is 14.2 Å². The summed E-state index contributed by atoms with van der Waals surface area (Å²) < 4.78 is 46.4. The third-order valence-electron chi connectivity index (χ3n) is 2.38. The van der Waals surface area contributed by atoms with Crippen molar-refractivity contribution in [2.45, 2.75) is 6.92 Å². The predicted molar refractivity (Wildman–Crippen MR) is 71.1 cm³/mol. The minimum absolute atomic E-state index is 0.00671. The van der Waals surface area contributed by atoms with E-state index in [1.165, 1.54) is 39.4 Å². The highest BCUT2D eigenvalue weighted by Crippen LogP contribution is 2.39. The van der Waals surface area contributed by atoms with Crippen molar-refractivity contribution in [2.75, 3.05) is 14.2 Å². The maximum absolute atomic E-state index is 12.3. The zero-order chi connectivity index (χ0) is 16.9. The highest BCUT2D eigenvalue weighted by Gasteiger charge is 2.15. The first-order valence-corrected chi connectivity index (χ1v) is 5.58. The zero-order valence-electron chi connectivity index (χ0n) is 12.5. The first-order chi connectivity index (χ1) is 10.3. The van der Waals surface area contributed by atoms with Gasteiger partial charge in [0.15, 0.2) is 17.7 Å². The lowest BCUT2D eigenvalue weighted by atomic mass is 10.1. The maximum atomic E-state index is 12.3. The monoisotopic (exact) mass is 302 g/mol. The number of allylic oxidation sites excluding steroid dienone is 1. The molecule has 0 saturated heterocycles.